The number of aliphatic hydroxyl groups is 1. The average Bonchev–Trinajstić information content (AvgIpc) is 3.43. The second kappa shape index (κ2) is 10.3. The lowest BCUT2D eigenvalue weighted by molar-refractivity contribution is -0.119. The van der Waals surface area contributed by atoms with Crippen LogP contribution in [0.25, 0.3) is 0 Å². The molecule has 0 saturated carbocycles. The minimum absolute atomic E-state index is 0.0345. The maximum absolute atomic E-state index is 13.4. The number of pyridine rings is 1. The maximum Gasteiger partial charge on any atom is 0.262 e. The number of para-hydroxylation sites is 2. The second-order valence-electron chi connectivity index (χ2n) is 7.97. The van der Waals surface area contributed by atoms with E-state index in [-0.39, 0.29) is 17.1 Å². The van der Waals surface area contributed by atoms with Crippen LogP contribution in [0.4, 0.5) is 0 Å². The van der Waals surface area contributed by atoms with Crippen LogP contribution < -0.4 is 14.8 Å². The summed E-state index contributed by atoms with van der Waals surface area (Å²) < 4.78 is 11.4. The molecule has 2 aromatic carbocycles. The van der Waals surface area contributed by atoms with Gasteiger partial charge in [-0.2, -0.15) is 11.3 Å². The number of amides is 1. The number of thioether (sulfide) groups is 1. The quantitative estimate of drug-likeness (QED) is 0.267. The van der Waals surface area contributed by atoms with Gasteiger partial charge in [-0.3, -0.25) is 4.79 Å². The molecule has 182 valence electrons. The van der Waals surface area contributed by atoms with E-state index in [4.69, 9.17) is 26.1 Å². The van der Waals surface area contributed by atoms with Crippen LogP contribution in [-0.2, 0) is 10.3 Å². The number of hydrogen-bond donors (Lipinski definition) is 2. The van der Waals surface area contributed by atoms with Crippen molar-refractivity contribution >= 4 is 40.6 Å². The van der Waals surface area contributed by atoms with Crippen LogP contribution in [0.15, 0.2) is 99.1 Å². The molecular formula is C27H21ClN2O4S2. The van der Waals surface area contributed by atoms with Crippen LogP contribution in [-0.4, -0.2) is 23.1 Å². The van der Waals surface area contributed by atoms with Crippen LogP contribution in [0.1, 0.15) is 17.7 Å². The highest BCUT2D eigenvalue weighted by atomic mass is 35.5. The van der Waals surface area contributed by atoms with Crippen LogP contribution in [0, 0.1) is 0 Å². The Morgan fingerprint density at radius 2 is 1.83 bits per heavy atom. The number of benzene rings is 2. The number of rotatable bonds is 7. The van der Waals surface area contributed by atoms with E-state index in [0.717, 1.165) is 17.3 Å². The van der Waals surface area contributed by atoms with Crippen molar-refractivity contribution in [3.05, 3.63) is 111 Å². The molecular weight excluding hydrogens is 516 g/mol. The molecule has 2 N–H and O–H groups in total. The Labute approximate surface area is 221 Å². The molecule has 1 amide bonds. The number of carbonyl (C=O) groups excluding carboxylic acids is 1. The Kier molecular flexibility index (Phi) is 6.91. The molecule has 1 aliphatic heterocycles. The van der Waals surface area contributed by atoms with Gasteiger partial charge in [-0.25, -0.2) is 4.98 Å². The van der Waals surface area contributed by atoms with Gasteiger partial charge in [0.15, 0.2) is 11.5 Å². The van der Waals surface area contributed by atoms with Crippen molar-refractivity contribution in [3.8, 4) is 17.4 Å². The third-order valence-corrected chi connectivity index (χ3v) is 8.06. The van der Waals surface area contributed by atoms with Crippen molar-refractivity contribution in [2.24, 2.45) is 0 Å². The van der Waals surface area contributed by atoms with E-state index in [0.29, 0.717) is 33.0 Å². The number of nitrogens with zero attached hydrogens (tertiary/aromatic N) is 1. The Morgan fingerprint density at radius 1 is 1.06 bits per heavy atom. The zero-order chi connectivity index (χ0) is 25.1. The summed E-state index contributed by atoms with van der Waals surface area (Å²) in [5.41, 5.74) is 0.275. The lowest BCUT2D eigenvalue weighted by Gasteiger charge is -2.37. The summed E-state index contributed by atoms with van der Waals surface area (Å²) in [6.07, 6.45) is 0.118. The van der Waals surface area contributed by atoms with Gasteiger partial charge >= 0.3 is 0 Å². The fourth-order valence-corrected chi connectivity index (χ4v) is 5.86. The van der Waals surface area contributed by atoms with Crippen molar-refractivity contribution in [2.75, 3.05) is 7.11 Å². The highest BCUT2D eigenvalue weighted by Crippen LogP contribution is 2.44. The number of thiophene rings is 1. The fraction of sp³-hybridized carbons (Fsp3) is 0.111. The van der Waals surface area contributed by atoms with Gasteiger partial charge in [0.25, 0.3) is 5.91 Å². The van der Waals surface area contributed by atoms with E-state index in [9.17, 15) is 9.90 Å². The summed E-state index contributed by atoms with van der Waals surface area (Å²) in [5, 5.41) is 18.6. The van der Waals surface area contributed by atoms with Crippen LogP contribution in [0.5, 0.6) is 17.4 Å². The third kappa shape index (κ3) is 4.67. The number of ether oxygens (including phenoxy) is 2. The number of halogens is 1. The number of hydrogen-bond acceptors (Lipinski definition) is 7. The molecule has 2 aromatic heterocycles. The largest absolute Gasteiger partial charge is 0.511 e. The summed E-state index contributed by atoms with van der Waals surface area (Å²) in [4.78, 5) is 19.0. The molecule has 1 unspecified atom stereocenters. The van der Waals surface area contributed by atoms with Gasteiger partial charge in [0, 0.05) is 17.4 Å². The molecule has 0 aliphatic carbocycles. The smallest absolute Gasteiger partial charge is 0.262 e. The highest BCUT2D eigenvalue weighted by Gasteiger charge is 2.44. The summed E-state index contributed by atoms with van der Waals surface area (Å²) >= 11 is 8.93. The number of methoxy groups -OCH3 is 1. The van der Waals surface area contributed by atoms with Gasteiger partial charge in [0.1, 0.15) is 16.2 Å². The molecule has 9 heteroatoms. The molecule has 0 spiro atoms. The molecule has 6 nitrogen and oxygen atoms in total. The van der Waals surface area contributed by atoms with E-state index in [1.807, 2.05) is 59.3 Å². The van der Waals surface area contributed by atoms with Gasteiger partial charge in [-0.1, -0.05) is 53.7 Å². The van der Waals surface area contributed by atoms with E-state index in [1.165, 1.54) is 11.3 Å². The molecule has 4 aromatic rings. The van der Waals surface area contributed by atoms with Crippen molar-refractivity contribution in [1.82, 2.24) is 10.3 Å². The summed E-state index contributed by atoms with van der Waals surface area (Å²) in [5.74, 6) is 0.981. The second-order valence-corrected chi connectivity index (χ2v) is 10.2. The molecule has 1 atom stereocenters. The van der Waals surface area contributed by atoms with Gasteiger partial charge < -0.3 is 19.9 Å². The lowest BCUT2D eigenvalue weighted by Crippen LogP contribution is -2.50. The average molecular weight is 537 g/mol. The van der Waals surface area contributed by atoms with Gasteiger partial charge in [-0.15, -0.1) is 0 Å². The van der Waals surface area contributed by atoms with Crippen molar-refractivity contribution in [1.29, 1.82) is 0 Å². The van der Waals surface area contributed by atoms with E-state index >= 15 is 0 Å². The Hall–Kier alpha value is -3.46. The lowest BCUT2D eigenvalue weighted by atomic mass is 9.82. The first-order chi connectivity index (χ1) is 17.5. The summed E-state index contributed by atoms with van der Waals surface area (Å²) in [6.45, 7) is 0. The SMILES string of the molecule is COc1ccccc1Oc1cccc(C2(c3ccsc3)CC(O)=C(Sc3ccccc3Cl)C(=O)N2)n1. The van der Waals surface area contributed by atoms with E-state index in [1.54, 1.807) is 31.4 Å². The van der Waals surface area contributed by atoms with E-state index in [2.05, 4.69) is 5.32 Å². The minimum Gasteiger partial charge on any atom is -0.511 e. The molecule has 5 rings (SSSR count). The molecule has 0 saturated heterocycles. The standard InChI is InChI=1S/C27H21ClN2O4S2/c1-33-20-8-3-4-9-21(20)34-24-12-6-11-23(29-24)27(17-13-14-35-16-17)15-19(31)25(26(32)30-27)36-22-10-5-2-7-18(22)28/h2-14,16,31H,15H2,1H3,(H,30,32). The first kappa shape index (κ1) is 24.2. The molecule has 0 bridgehead atoms. The van der Waals surface area contributed by atoms with Crippen molar-refractivity contribution in [3.63, 3.8) is 0 Å². The van der Waals surface area contributed by atoms with Crippen molar-refractivity contribution in [2.45, 2.75) is 16.9 Å². The summed E-state index contributed by atoms with van der Waals surface area (Å²) in [6, 6.07) is 21.8. The van der Waals surface area contributed by atoms with Crippen molar-refractivity contribution < 1.29 is 19.4 Å². The predicted octanol–water partition coefficient (Wildman–Crippen LogP) is 6.92. The first-order valence-corrected chi connectivity index (χ1v) is 13.1. The zero-order valence-electron chi connectivity index (χ0n) is 19.1. The highest BCUT2D eigenvalue weighted by molar-refractivity contribution is 8.04. The Bertz CT molecular complexity index is 1440. The minimum atomic E-state index is -1.08. The Morgan fingerprint density at radius 3 is 2.56 bits per heavy atom. The Balaban J connectivity index is 1.53. The predicted molar refractivity (Wildman–Crippen MR) is 142 cm³/mol. The van der Waals surface area contributed by atoms with Crippen LogP contribution >= 0.6 is 34.7 Å². The molecule has 0 fully saturated rings. The van der Waals surface area contributed by atoms with E-state index < -0.39 is 11.4 Å². The molecule has 3 heterocycles. The molecule has 36 heavy (non-hydrogen) atoms. The van der Waals surface area contributed by atoms with Gasteiger partial charge in [-0.05, 0) is 52.7 Å². The normalized spacial score (nSPS) is 17.6. The van der Waals surface area contributed by atoms with Gasteiger partial charge in [0.2, 0.25) is 5.88 Å². The van der Waals surface area contributed by atoms with Crippen LogP contribution in [0.3, 0.4) is 0 Å². The molecule has 0 radical (unpaired) electrons. The van der Waals surface area contributed by atoms with Crippen LogP contribution in [0.2, 0.25) is 5.02 Å². The third-order valence-electron chi connectivity index (χ3n) is 5.73. The maximum atomic E-state index is 13.4. The first-order valence-electron chi connectivity index (χ1n) is 11.0. The fourth-order valence-electron chi connectivity index (χ4n) is 4.01. The topological polar surface area (TPSA) is 80.7 Å². The number of carbonyl (C=O) groups is 1. The number of aliphatic hydroxyl groups excluding tert-OH is 1. The summed E-state index contributed by atoms with van der Waals surface area (Å²) in [7, 11) is 1.57. The monoisotopic (exact) mass is 536 g/mol. The zero-order valence-corrected chi connectivity index (χ0v) is 21.5. The number of nitrogens with one attached hydrogen (secondary N) is 1. The van der Waals surface area contributed by atoms with Gasteiger partial charge in [0.05, 0.1) is 17.8 Å². The number of aromatic nitrogens is 1. The molecule has 1 aliphatic rings.